The number of nitrogens with two attached hydrogens (primary N) is 1. The Kier molecular flexibility index (Phi) is 12.8. The zero-order chi connectivity index (χ0) is 10.5. The third-order valence-corrected chi connectivity index (χ3v) is 1.92. The molecule has 0 fully saturated rings. The summed E-state index contributed by atoms with van der Waals surface area (Å²) >= 11 is 0. The number of rotatable bonds is 11. The maximum atomic E-state index is 5.43. The van der Waals surface area contributed by atoms with Gasteiger partial charge in [-0.05, 0) is 38.6 Å². The van der Waals surface area contributed by atoms with Crippen LogP contribution in [0.3, 0.4) is 0 Å². The summed E-state index contributed by atoms with van der Waals surface area (Å²) in [5.41, 5.74) is 5.37. The highest BCUT2D eigenvalue weighted by Crippen LogP contribution is 1.94. The minimum atomic E-state index is 0.772. The summed E-state index contributed by atoms with van der Waals surface area (Å²) in [6.07, 6.45) is 5.47. The largest absolute Gasteiger partial charge is 0.381 e. The van der Waals surface area contributed by atoms with Crippen LogP contribution < -0.4 is 5.73 Å². The van der Waals surface area contributed by atoms with Gasteiger partial charge in [0.15, 0.2) is 0 Å². The molecule has 0 unspecified atom stereocenters. The maximum Gasteiger partial charge on any atom is 0.0466 e. The van der Waals surface area contributed by atoms with Crippen molar-refractivity contribution in [2.75, 3.05) is 33.0 Å². The minimum Gasteiger partial charge on any atom is -0.381 e. The van der Waals surface area contributed by atoms with Gasteiger partial charge in [-0.3, -0.25) is 0 Å². The monoisotopic (exact) mass is 203 g/mol. The first-order valence-corrected chi connectivity index (χ1v) is 5.77. The van der Waals surface area contributed by atoms with E-state index in [0.29, 0.717) is 0 Å². The molecule has 3 nitrogen and oxygen atoms in total. The summed E-state index contributed by atoms with van der Waals surface area (Å²) in [5.74, 6) is 0. The highest BCUT2D eigenvalue weighted by atomic mass is 16.5. The van der Waals surface area contributed by atoms with Gasteiger partial charge in [0.25, 0.3) is 0 Å². The first-order valence-electron chi connectivity index (χ1n) is 5.77. The van der Waals surface area contributed by atoms with Gasteiger partial charge in [0.05, 0.1) is 0 Å². The molecule has 0 saturated heterocycles. The lowest BCUT2D eigenvalue weighted by atomic mass is 10.3. The highest BCUT2D eigenvalue weighted by Gasteiger charge is 1.90. The Labute approximate surface area is 88.0 Å². The van der Waals surface area contributed by atoms with Gasteiger partial charge in [-0.15, -0.1) is 0 Å². The van der Waals surface area contributed by atoms with E-state index in [4.69, 9.17) is 15.2 Å². The molecule has 0 spiro atoms. The fourth-order valence-corrected chi connectivity index (χ4v) is 1.11. The average Bonchev–Trinajstić information content (AvgIpc) is 2.21. The van der Waals surface area contributed by atoms with E-state index in [1.807, 2.05) is 0 Å². The van der Waals surface area contributed by atoms with Crippen molar-refractivity contribution in [2.45, 2.75) is 39.0 Å². The lowest BCUT2D eigenvalue weighted by Crippen LogP contribution is -2.03. The van der Waals surface area contributed by atoms with Crippen molar-refractivity contribution in [3.63, 3.8) is 0 Å². The molecule has 0 aliphatic heterocycles. The minimum absolute atomic E-state index is 0.772. The van der Waals surface area contributed by atoms with E-state index in [9.17, 15) is 0 Å². The molecule has 0 atom stereocenters. The van der Waals surface area contributed by atoms with Crippen molar-refractivity contribution in [2.24, 2.45) is 5.73 Å². The van der Waals surface area contributed by atoms with Gasteiger partial charge in [-0.25, -0.2) is 0 Å². The van der Waals surface area contributed by atoms with E-state index in [-0.39, 0.29) is 0 Å². The Hall–Kier alpha value is -0.120. The van der Waals surface area contributed by atoms with Crippen molar-refractivity contribution < 1.29 is 9.47 Å². The quantitative estimate of drug-likeness (QED) is 0.522. The standard InChI is InChI=1S/C11H25NO2/c1-2-8-13-10-5-6-11-14-9-4-3-7-12/h2-12H2,1H3. The third-order valence-electron chi connectivity index (χ3n) is 1.92. The van der Waals surface area contributed by atoms with Gasteiger partial charge in [-0.2, -0.15) is 0 Å². The Balaban J connectivity index is 2.78. The second kappa shape index (κ2) is 12.9. The molecule has 2 N–H and O–H groups in total. The Morgan fingerprint density at radius 1 is 0.786 bits per heavy atom. The molecule has 14 heavy (non-hydrogen) atoms. The molecule has 3 heteroatoms. The van der Waals surface area contributed by atoms with Crippen LogP contribution in [0.25, 0.3) is 0 Å². The molecular weight excluding hydrogens is 178 g/mol. The Morgan fingerprint density at radius 2 is 1.29 bits per heavy atom. The normalized spacial score (nSPS) is 10.7. The maximum absolute atomic E-state index is 5.43. The summed E-state index contributed by atoms with van der Waals surface area (Å²) in [7, 11) is 0. The van der Waals surface area contributed by atoms with Crippen LogP contribution in [0, 0.1) is 0 Å². The van der Waals surface area contributed by atoms with Crippen LogP contribution >= 0.6 is 0 Å². The number of ether oxygens (including phenoxy) is 2. The lowest BCUT2D eigenvalue weighted by molar-refractivity contribution is 0.102. The van der Waals surface area contributed by atoms with Crippen molar-refractivity contribution in [1.29, 1.82) is 0 Å². The van der Waals surface area contributed by atoms with Crippen LogP contribution in [0.4, 0.5) is 0 Å². The smallest absolute Gasteiger partial charge is 0.0466 e. The average molecular weight is 203 g/mol. The fourth-order valence-electron chi connectivity index (χ4n) is 1.11. The zero-order valence-electron chi connectivity index (χ0n) is 9.46. The summed E-state index contributed by atoms with van der Waals surface area (Å²) in [5, 5.41) is 0. The van der Waals surface area contributed by atoms with Crippen molar-refractivity contribution in [3.8, 4) is 0 Å². The van der Waals surface area contributed by atoms with E-state index in [1.54, 1.807) is 0 Å². The molecule has 0 radical (unpaired) electrons. The first kappa shape index (κ1) is 13.9. The fraction of sp³-hybridized carbons (Fsp3) is 1.00. The number of hydrogen-bond donors (Lipinski definition) is 1. The molecule has 0 saturated carbocycles. The van der Waals surface area contributed by atoms with Crippen LogP contribution in [0.2, 0.25) is 0 Å². The Morgan fingerprint density at radius 3 is 1.79 bits per heavy atom. The molecule has 0 aliphatic carbocycles. The van der Waals surface area contributed by atoms with Crippen LogP contribution in [0.15, 0.2) is 0 Å². The van der Waals surface area contributed by atoms with Gasteiger partial charge in [0.2, 0.25) is 0 Å². The molecule has 0 aromatic rings. The molecule has 0 aliphatic rings. The van der Waals surface area contributed by atoms with E-state index in [1.165, 1.54) is 0 Å². The van der Waals surface area contributed by atoms with Crippen LogP contribution in [0.1, 0.15) is 39.0 Å². The van der Waals surface area contributed by atoms with Crippen molar-refractivity contribution >= 4 is 0 Å². The predicted molar refractivity (Wildman–Crippen MR) is 59.5 cm³/mol. The van der Waals surface area contributed by atoms with Crippen LogP contribution in [-0.2, 0) is 9.47 Å². The second-order valence-electron chi connectivity index (χ2n) is 3.43. The lowest BCUT2D eigenvalue weighted by Gasteiger charge is -2.04. The van der Waals surface area contributed by atoms with E-state index in [0.717, 1.165) is 65.1 Å². The van der Waals surface area contributed by atoms with Gasteiger partial charge in [0.1, 0.15) is 0 Å². The molecule has 0 amide bonds. The molecular formula is C11H25NO2. The summed E-state index contributed by atoms with van der Waals surface area (Å²) in [4.78, 5) is 0. The molecule has 0 bridgehead atoms. The second-order valence-corrected chi connectivity index (χ2v) is 3.43. The molecule has 0 rings (SSSR count). The van der Waals surface area contributed by atoms with Gasteiger partial charge in [0, 0.05) is 26.4 Å². The van der Waals surface area contributed by atoms with Crippen molar-refractivity contribution in [1.82, 2.24) is 0 Å². The summed E-state index contributed by atoms with van der Waals surface area (Å²) in [6.45, 7) is 6.37. The van der Waals surface area contributed by atoms with E-state index < -0.39 is 0 Å². The summed E-state index contributed by atoms with van der Waals surface area (Å²) in [6, 6.07) is 0. The molecule has 0 aromatic carbocycles. The van der Waals surface area contributed by atoms with Gasteiger partial charge < -0.3 is 15.2 Å². The predicted octanol–water partition coefficient (Wildman–Crippen LogP) is 1.95. The van der Waals surface area contributed by atoms with E-state index in [2.05, 4.69) is 6.92 Å². The van der Waals surface area contributed by atoms with Gasteiger partial charge in [-0.1, -0.05) is 6.92 Å². The SMILES string of the molecule is CCCOCCCCOCCCCN. The van der Waals surface area contributed by atoms with Crippen molar-refractivity contribution in [3.05, 3.63) is 0 Å². The summed E-state index contributed by atoms with van der Waals surface area (Å²) < 4.78 is 10.8. The molecule has 86 valence electrons. The van der Waals surface area contributed by atoms with Crippen LogP contribution in [-0.4, -0.2) is 33.0 Å². The Bertz CT molecular complexity index is 87.3. The first-order chi connectivity index (χ1) is 6.91. The zero-order valence-corrected chi connectivity index (χ0v) is 9.46. The van der Waals surface area contributed by atoms with E-state index >= 15 is 0 Å². The van der Waals surface area contributed by atoms with Gasteiger partial charge >= 0.3 is 0 Å². The molecule has 0 aromatic heterocycles. The number of hydrogen-bond acceptors (Lipinski definition) is 3. The van der Waals surface area contributed by atoms with Crippen LogP contribution in [0.5, 0.6) is 0 Å². The topological polar surface area (TPSA) is 44.5 Å². The number of unbranched alkanes of at least 4 members (excludes halogenated alkanes) is 2. The third kappa shape index (κ3) is 11.9. The molecule has 0 heterocycles. The highest BCUT2D eigenvalue weighted by molar-refractivity contribution is 4.41.